The van der Waals surface area contributed by atoms with Gasteiger partial charge >= 0.3 is 6.18 Å². The minimum absolute atomic E-state index is 0.207. The molecule has 0 atom stereocenters. The standard InChI is InChI=1S/C13H18F3N3/c1-10-2-5-17-12(8-10)18-11-3-6-19(7-4-11)9-13(14,15)16/h2,5,8,11H,3-4,6-7,9H2,1H3,(H,17,18). The summed E-state index contributed by atoms with van der Waals surface area (Å²) in [6.45, 7) is 2.13. The van der Waals surface area contributed by atoms with Crippen LogP contribution in [-0.4, -0.2) is 41.7 Å². The zero-order valence-corrected chi connectivity index (χ0v) is 10.9. The fourth-order valence-electron chi connectivity index (χ4n) is 2.31. The quantitative estimate of drug-likeness (QED) is 0.918. The number of piperidine rings is 1. The number of nitrogens with one attached hydrogen (secondary N) is 1. The SMILES string of the molecule is Cc1ccnc(NC2CCN(CC(F)(F)F)CC2)c1. The van der Waals surface area contributed by atoms with Crippen LogP contribution in [0.3, 0.4) is 0 Å². The molecule has 0 amide bonds. The molecular formula is C13H18F3N3. The summed E-state index contributed by atoms with van der Waals surface area (Å²) in [5, 5.41) is 3.29. The highest BCUT2D eigenvalue weighted by Gasteiger charge is 2.32. The van der Waals surface area contributed by atoms with Gasteiger partial charge in [-0.25, -0.2) is 4.98 Å². The van der Waals surface area contributed by atoms with Gasteiger partial charge in [-0.15, -0.1) is 0 Å². The molecule has 1 N–H and O–H groups in total. The maximum absolute atomic E-state index is 12.3. The first-order valence-electron chi connectivity index (χ1n) is 6.41. The molecule has 6 heteroatoms. The van der Waals surface area contributed by atoms with E-state index in [1.807, 2.05) is 19.1 Å². The Morgan fingerprint density at radius 2 is 2.05 bits per heavy atom. The normalized spacial score (nSPS) is 18.5. The molecule has 106 valence electrons. The van der Waals surface area contributed by atoms with Crippen molar-refractivity contribution in [3.63, 3.8) is 0 Å². The van der Waals surface area contributed by atoms with Gasteiger partial charge in [0.15, 0.2) is 0 Å². The maximum atomic E-state index is 12.3. The number of halogens is 3. The molecule has 2 heterocycles. The summed E-state index contributed by atoms with van der Waals surface area (Å²) in [5.74, 6) is 0.800. The molecule has 19 heavy (non-hydrogen) atoms. The summed E-state index contributed by atoms with van der Waals surface area (Å²) in [5.41, 5.74) is 1.12. The number of rotatable bonds is 3. The number of nitrogens with zero attached hydrogens (tertiary/aromatic N) is 2. The average molecular weight is 273 g/mol. The van der Waals surface area contributed by atoms with Crippen molar-refractivity contribution >= 4 is 5.82 Å². The van der Waals surface area contributed by atoms with Crippen molar-refractivity contribution in [2.45, 2.75) is 32.0 Å². The summed E-state index contributed by atoms with van der Waals surface area (Å²) >= 11 is 0. The number of hydrogen-bond donors (Lipinski definition) is 1. The van der Waals surface area contributed by atoms with Crippen LogP contribution < -0.4 is 5.32 Å². The number of aryl methyl sites for hydroxylation is 1. The average Bonchev–Trinajstić information content (AvgIpc) is 2.30. The number of pyridine rings is 1. The molecule has 1 aliphatic rings. The molecular weight excluding hydrogens is 255 g/mol. The second-order valence-corrected chi connectivity index (χ2v) is 5.03. The number of hydrogen-bond acceptors (Lipinski definition) is 3. The van der Waals surface area contributed by atoms with E-state index in [2.05, 4.69) is 10.3 Å². The molecule has 0 radical (unpaired) electrons. The second kappa shape index (κ2) is 5.77. The van der Waals surface area contributed by atoms with E-state index in [-0.39, 0.29) is 6.04 Å². The van der Waals surface area contributed by atoms with E-state index in [1.165, 1.54) is 4.90 Å². The van der Waals surface area contributed by atoms with Gasteiger partial charge in [0.2, 0.25) is 0 Å². The Labute approximate surface area is 110 Å². The Kier molecular flexibility index (Phi) is 4.29. The van der Waals surface area contributed by atoms with Crippen molar-refractivity contribution in [3.05, 3.63) is 23.9 Å². The largest absolute Gasteiger partial charge is 0.401 e. The van der Waals surface area contributed by atoms with Crippen LogP contribution in [0.4, 0.5) is 19.0 Å². The zero-order valence-electron chi connectivity index (χ0n) is 10.9. The second-order valence-electron chi connectivity index (χ2n) is 5.03. The van der Waals surface area contributed by atoms with Crippen molar-refractivity contribution in [1.29, 1.82) is 0 Å². The first-order valence-corrected chi connectivity index (χ1v) is 6.41. The molecule has 2 rings (SSSR count). The smallest absolute Gasteiger partial charge is 0.367 e. The van der Waals surface area contributed by atoms with Gasteiger partial charge in [0.05, 0.1) is 6.54 Å². The van der Waals surface area contributed by atoms with Crippen molar-refractivity contribution in [2.75, 3.05) is 25.0 Å². The van der Waals surface area contributed by atoms with Crippen molar-refractivity contribution in [3.8, 4) is 0 Å². The van der Waals surface area contributed by atoms with E-state index < -0.39 is 12.7 Å². The van der Waals surface area contributed by atoms with Crippen LogP contribution in [0.2, 0.25) is 0 Å². The van der Waals surface area contributed by atoms with Gasteiger partial charge in [-0.3, -0.25) is 4.90 Å². The van der Waals surface area contributed by atoms with E-state index >= 15 is 0 Å². The van der Waals surface area contributed by atoms with Crippen LogP contribution in [0.5, 0.6) is 0 Å². The summed E-state index contributed by atoms with van der Waals surface area (Å²) in [7, 11) is 0. The highest BCUT2D eigenvalue weighted by Crippen LogP contribution is 2.21. The molecule has 1 fully saturated rings. The number of anilines is 1. The Morgan fingerprint density at radius 3 is 2.63 bits per heavy atom. The van der Waals surface area contributed by atoms with Gasteiger partial charge in [-0.2, -0.15) is 13.2 Å². The Bertz CT molecular complexity index is 412. The summed E-state index contributed by atoms with van der Waals surface area (Å²) in [6, 6.07) is 4.07. The number of alkyl halides is 3. The van der Waals surface area contributed by atoms with Gasteiger partial charge in [-0.05, 0) is 37.5 Å². The lowest BCUT2D eigenvalue weighted by Crippen LogP contribution is -2.43. The minimum atomic E-state index is -4.10. The van der Waals surface area contributed by atoms with Gasteiger partial charge < -0.3 is 5.32 Å². The third kappa shape index (κ3) is 4.70. The fraction of sp³-hybridized carbons (Fsp3) is 0.615. The number of aromatic nitrogens is 1. The van der Waals surface area contributed by atoms with Crippen LogP contribution in [0.1, 0.15) is 18.4 Å². The van der Waals surface area contributed by atoms with E-state index in [9.17, 15) is 13.2 Å². The van der Waals surface area contributed by atoms with Crippen LogP contribution in [0, 0.1) is 6.92 Å². The van der Waals surface area contributed by atoms with Gasteiger partial charge in [-0.1, -0.05) is 0 Å². The fourth-order valence-corrected chi connectivity index (χ4v) is 2.31. The molecule has 1 aliphatic heterocycles. The van der Waals surface area contributed by atoms with Gasteiger partial charge in [0.25, 0.3) is 0 Å². The summed E-state index contributed by atoms with van der Waals surface area (Å²) < 4.78 is 36.8. The lowest BCUT2D eigenvalue weighted by atomic mass is 10.0. The topological polar surface area (TPSA) is 28.2 Å². The van der Waals surface area contributed by atoms with E-state index in [0.717, 1.165) is 11.4 Å². The van der Waals surface area contributed by atoms with Crippen LogP contribution >= 0.6 is 0 Å². The number of likely N-dealkylation sites (tertiary alicyclic amines) is 1. The van der Waals surface area contributed by atoms with Crippen molar-refractivity contribution in [2.24, 2.45) is 0 Å². The highest BCUT2D eigenvalue weighted by molar-refractivity contribution is 5.38. The third-order valence-electron chi connectivity index (χ3n) is 3.26. The zero-order chi connectivity index (χ0) is 13.9. The van der Waals surface area contributed by atoms with Crippen molar-refractivity contribution in [1.82, 2.24) is 9.88 Å². The lowest BCUT2D eigenvalue weighted by Gasteiger charge is -2.32. The predicted octanol–water partition coefficient (Wildman–Crippen LogP) is 2.83. The van der Waals surface area contributed by atoms with Crippen LogP contribution in [0.15, 0.2) is 18.3 Å². The Hall–Kier alpha value is -1.30. The molecule has 0 aromatic carbocycles. The van der Waals surface area contributed by atoms with E-state index in [4.69, 9.17) is 0 Å². The Morgan fingerprint density at radius 1 is 1.37 bits per heavy atom. The molecule has 0 aliphatic carbocycles. The molecule has 3 nitrogen and oxygen atoms in total. The monoisotopic (exact) mass is 273 g/mol. The first-order chi connectivity index (χ1) is 8.92. The lowest BCUT2D eigenvalue weighted by molar-refractivity contribution is -0.147. The van der Waals surface area contributed by atoms with Gasteiger partial charge in [0, 0.05) is 25.3 Å². The molecule has 1 aromatic heterocycles. The predicted molar refractivity (Wildman–Crippen MR) is 68.1 cm³/mol. The van der Waals surface area contributed by atoms with Crippen molar-refractivity contribution < 1.29 is 13.2 Å². The molecule has 0 saturated carbocycles. The summed E-state index contributed by atoms with van der Waals surface area (Å²) in [6.07, 6.45) is -0.938. The van der Waals surface area contributed by atoms with Crippen LogP contribution in [-0.2, 0) is 0 Å². The molecule has 0 unspecified atom stereocenters. The first kappa shape index (κ1) is 14.1. The van der Waals surface area contributed by atoms with Gasteiger partial charge in [0.1, 0.15) is 5.82 Å². The molecule has 0 bridgehead atoms. The molecule has 1 aromatic rings. The van der Waals surface area contributed by atoms with Crippen LogP contribution in [0.25, 0.3) is 0 Å². The summed E-state index contributed by atoms with van der Waals surface area (Å²) in [4.78, 5) is 5.67. The molecule has 0 spiro atoms. The maximum Gasteiger partial charge on any atom is 0.401 e. The minimum Gasteiger partial charge on any atom is -0.367 e. The Balaban J connectivity index is 1.80. The molecule has 1 saturated heterocycles. The van der Waals surface area contributed by atoms with E-state index in [0.29, 0.717) is 25.9 Å². The van der Waals surface area contributed by atoms with E-state index in [1.54, 1.807) is 6.20 Å². The highest BCUT2D eigenvalue weighted by atomic mass is 19.4. The third-order valence-corrected chi connectivity index (χ3v) is 3.26.